The molecule has 0 spiro atoms. The van der Waals surface area contributed by atoms with Crippen molar-refractivity contribution < 1.29 is 14.8 Å². The van der Waals surface area contributed by atoms with E-state index in [4.69, 9.17) is 16.7 Å². The second kappa shape index (κ2) is 6.42. The highest BCUT2D eigenvalue weighted by molar-refractivity contribution is 9.10. The van der Waals surface area contributed by atoms with E-state index in [1.807, 2.05) is 0 Å². The number of carboxylic acids is 1. The first-order valence-electron chi connectivity index (χ1n) is 5.39. The van der Waals surface area contributed by atoms with Crippen LogP contribution in [0.15, 0.2) is 44.9 Å². The quantitative estimate of drug-likeness (QED) is 0.620. The van der Waals surface area contributed by atoms with E-state index in [9.17, 15) is 14.9 Å². The average molecular weight is 390 g/mol. The third-order valence-corrected chi connectivity index (χ3v) is 4.35. The number of hydrogen-bond acceptors (Lipinski definition) is 5. The number of halogens is 2. The molecule has 0 radical (unpaired) electrons. The Hall–Kier alpha value is -1.64. The lowest BCUT2D eigenvalue weighted by Gasteiger charge is -2.07. The van der Waals surface area contributed by atoms with E-state index in [1.165, 1.54) is 12.1 Å². The summed E-state index contributed by atoms with van der Waals surface area (Å²) in [6.45, 7) is 0. The van der Waals surface area contributed by atoms with E-state index in [-0.39, 0.29) is 16.3 Å². The molecule has 1 aromatic carbocycles. The Bertz CT molecular complexity index is 741. The third-order valence-electron chi connectivity index (χ3n) is 2.38. The molecule has 0 bridgehead atoms. The minimum atomic E-state index is -1.08. The van der Waals surface area contributed by atoms with E-state index in [0.29, 0.717) is 14.4 Å². The van der Waals surface area contributed by atoms with Crippen LogP contribution >= 0.6 is 39.3 Å². The zero-order valence-electron chi connectivity index (χ0n) is 10.1. The predicted octanol–water partition coefficient (Wildman–Crippen LogP) is 4.26. The fourth-order valence-corrected chi connectivity index (χ4v) is 3.16. The number of hydrogen-bond donors (Lipinski definition) is 1. The molecule has 0 saturated heterocycles. The monoisotopic (exact) mass is 388 g/mol. The highest BCUT2D eigenvalue weighted by atomic mass is 79.9. The molecule has 1 heterocycles. The van der Waals surface area contributed by atoms with Gasteiger partial charge in [-0.3, -0.25) is 10.1 Å². The van der Waals surface area contributed by atoms with Crippen molar-refractivity contribution in [2.24, 2.45) is 0 Å². The molecule has 0 fully saturated rings. The van der Waals surface area contributed by atoms with Crippen molar-refractivity contribution in [3.8, 4) is 0 Å². The van der Waals surface area contributed by atoms with E-state index in [0.717, 1.165) is 18.0 Å². The van der Waals surface area contributed by atoms with Crippen molar-refractivity contribution in [2.45, 2.75) is 9.92 Å². The molecule has 0 unspecified atom stereocenters. The molecule has 6 nitrogen and oxygen atoms in total. The molecule has 1 N–H and O–H groups in total. The fourth-order valence-electron chi connectivity index (χ4n) is 1.45. The molecule has 0 aliphatic rings. The van der Waals surface area contributed by atoms with Crippen LogP contribution in [0.25, 0.3) is 0 Å². The lowest BCUT2D eigenvalue weighted by atomic mass is 10.2. The van der Waals surface area contributed by atoms with Gasteiger partial charge in [-0.15, -0.1) is 0 Å². The molecule has 108 valence electrons. The highest BCUT2D eigenvalue weighted by Crippen LogP contribution is 2.36. The maximum atomic E-state index is 11.2. The van der Waals surface area contributed by atoms with Gasteiger partial charge in [-0.05, 0) is 18.2 Å². The van der Waals surface area contributed by atoms with E-state index >= 15 is 0 Å². The molecule has 1 aromatic heterocycles. The fraction of sp³-hybridized carbons (Fsp3) is 0. The molecule has 0 amide bonds. The number of aromatic carboxylic acids is 1. The molecule has 2 aromatic rings. The van der Waals surface area contributed by atoms with Gasteiger partial charge in [0.15, 0.2) is 0 Å². The van der Waals surface area contributed by atoms with Crippen molar-refractivity contribution >= 4 is 50.9 Å². The third kappa shape index (κ3) is 3.72. The molecule has 21 heavy (non-hydrogen) atoms. The van der Waals surface area contributed by atoms with E-state index in [1.54, 1.807) is 12.1 Å². The molecule has 0 atom stereocenters. The SMILES string of the molecule is O=C(O)c1ccc(Br)cc1Sc1ncc([N+](=O)[O-])cc1Cl. The van der Waals surface area contributed by atoms with Crippen molar-refractivity contribution in [3.05, 3.63) is 55.6 Å². The summed E-state index contributed by atoms with van der Waals surface area (Å²) in [5.74, 6) is -1.08. The Labute approximate surface area is 136 Å². The van der Waals surface area contributed by atoms with Gasteiger partial charge in [0, 0.05) is 15.4 Å². The number of carbonyl (C=O) groups is 1. The van der Waals surface area contributed by atoms with Crippen LogP contribution in [0.5, 0.6) is 0 Å². The second-order valence-electron chi connectivity index (χ2n) is 3.79. The van der Waals surface area contributed by atoms with Gasteiger partial charge in [0.2, 0.25) is 0 Å². The summed E-state index contributed by atoms with van der Waals surface area (Å²) in [6.07, 6.45) is 1.08. The van der Waals surface area contributed by atoms with Crippen molar-refractivity contribution in [1.29, 1.82) is 0 Å². The minimum absolute atomic E-state index is 0.0884. The second-order valence-corrected chi connectivity index (χ2v) is 6.14. The van der Waals surface area contributed by atoms with Crippen LogP contribution in [0.3, 0.4) is 0 Å². The van der Waals surface area contributed by atoms with Gasteiger partial charge >= 0.3 is 5.97 Å². The van der Waals surface area contributed by atoms with Crippen molar-refractivity contribution in [3.63, 3.8) is 0 Å². The Morgan fingerprint density at radius 3 is 2.71 bits per heavy atom. The number of benzene rings is 1. The van der Waals surface area contributed by atoms with Crippen LogP contribution in [-0.4, -0.2) is 21.0 Å². The first-order chi connectivity index (χ1) is 9.88. The van der Waals surface area contributed by atoms with Gasteiger partial charge in [-0.25, -0.2) is 9.78 Å². The van der Waals surface area contributed by atoms with Gasteiger partial charge in [-0.1, -0.05) is 39.3 Å². The Morgan fingerprint density at radius 2 is 2.14 bits per heavy atom. The predicted molar refractivity (Wildman–Crippen MR) is 81.1 cm³/mol. The first kappa shape index (κ1) is 15.7. The highest BCUT2D eigenvalue weighted by Gasteiger charge is 2.16. The summed E-state index contributed by atoms with van der Waals surface area (Å²) < 4.78 is 0.702. The summed E-state index contributed by atoms with van der Waals surface area (Å²) >= 11 is 10.2. The van der Waals surface area contributed by atoms with Crippen LogP contribution in [0.4, 0.5) is 5.69 Å². The minimum Gasteiger partial charge on any atom is -0.478 e. The lowest BCUT2D eigenvalue weighted by Crippen LogP contribution is -1.99. The number of nitrogens with zero attached hydrogens (tertiary/aromatic N) is 2. The van der Waals surface area contributed by atoms with Gasteiger partial charge in [0.1, 0.15) is 11.2 Å². The summed E-state index contributed by atoms with van der Waals surface area (Å²) in [5.41, 5.74) is -0.128. The molecule has 0 saturated carbocycles. The standard InChI is InChI=1S/C12H6BrClN2O4S/c13-6-1-2-8(12(17)18)10(3-6)21-11-9(14)4-7(5-15-11)16(19)20/h1-5H,(H,17,18). The van der Waals surface area contributed by atoms with Crippen LogP contribution in [0, 0.1) is 10.1 Å². The largest absolute Gasteiger partial charge is 0.478 e. The van der Waals surface area contributed by atoms with Crippen LogP contribution in [0.1, 0.15) is 10.4 Å². The summed E-state index contributed by atoms with van der Waals surface area (Å²) in [6, 6.07) is 5.86. The molecule has 0 aliphatic heterocycles. The molecule has 2 rings (SSSR count). The van der Waals surface area contributed by atoms with Crippen LogP contribution < -0.4 is 0 Å². The Morgan fingerprint density at radius 1 is 1.43 bits per heavy atom. The number of carboxylic acid groups (broad SMARTS) is 1. The number of aromatic nitrogens is 1. The van der Waals surface area contributed by atoms with Gasteiger partial charge in [-0.2, -0.15) is 0 Å². The van der Waals surface area contributed by atoms with Crippen molar-refractivity contribution in [1.82, 2.24) is 4.98 Å². The molecular formula is C12H6BrClN2O4S. The summed E-state index contributed by atoms with van der Waals surface area (Å²) in [7, 11) is 0. The maximum Gasteiger partial charge on any atom is 0.336 e. The normalized spacial score (nSPS) is 10.4. The number of rotatable bonds is 4. The van der Waals surface area contributed by atoms with Gasteiger partial charge < -0.3 is 5.11 Å². The smallest absolute Gasteiger partial charge is 0.336 e. The molecule has 9 heteroatoms. The van der Waals surface area contributed by atoms with Crippen molar-refractivity contribution in [2.75, 3.05) is 0 Å². The van der Waals surface area contributed by atoms with Gasteiger partial charge in [0.05, 0.1) is 15.5 Å². The van der Waals surface area contributed by atoms with Crippen LogP contribution in [-0.2, 0) is 0 Å². The Kier molecular flexibility index (Phi) is 4.81. The zero-order chi connectivity index (χ0) is 15.6. The number of nitro groups is 1. The first-order valence-corrected chi connectivity index (χ1v) is 7.38. The van der Waals surface area contributed by atoms with Crippen LogP contribution in [0.2, 0.25) is 5.02 Å². The maximum absolute atomic E-state index is 11.2. The zero-order valence-corrected chi connectivity index (χ0v) is 13.3. The topological polar surface area (TPSA) is 93.3 Å². The van der Waals surface area contributed by atoms with E-state index in [2.05, 4.69) is 20.9 Å². The molecular weight excluding hydrogens is 384 g/mol. The Balaban J connectivity index is 2.40. The van der Waals surface area contributed by atoms with E-state index < -0.39 is 10.9 Å². The summed E-state index contributed by atoms with van der Waals surface area (Å²) in [4.78, 5) is 25.5. The molecule has 0 aliphatic carbocycles. The number of pyridine rings is 1. The lowest BCUT2D eigenvalue weighted by molar-refractivity contribution is -0.385. The average Bonchev–Trinajstić information content (AvgIpc) is 2.40. The van der Waals surface area contributed by atoms with Gasteiger partial charge in [0.25, 0.3) is 5.69 Å². The summed E-state index contributed by atoms with van der Waals surface area (Å²) in [5, 5.41) is 20.2.